The Kier molecular flexibility index (Phi) is 5.26. The minimum absolute atomic E-state index is 0.0813. The van der Waals surface area contributed by atoms with Crippen molar-refractivity contribution in [2.24, 2.45) is 5.92 Å². The predicted octanol–water partition coefficient (Wildman–Crippen LogP) is 0.216. The summed E-state index contributed by atoms with van der Waals surface area (Å²) in [6, 6.07) is 4.48. The van der Waals surface area contributed by atoms with E-state index in [1.165, 1.54) is 12.8 Å². The Morgan fingerprint density at radius 3 is 2.92 bits per heavy atom. The molecule has 4 rings (SSSR count). The minimum Gasteiger partial charge on any atom is -0.379 e. The van der Waals surface area contributed by atoms with Crippen molar-refractivity contribution in [2.45, 2.75) is 37.4 Å². The lowest BCUT2D eigenvalue weighted by Crippen LogP contribution is -2.48. The molecule has 7 heteroatoms. The third-order valence-corrected chi connectivity index (χ3v) is 5.47. The predicted molar refractivity (Wildman–Crippen MR) is 93.6 cm³/mol. The van der Waals surface area contributed by atoms with E-state index in [9.17, 15) is 4.79 Å². The maximum absolute atomic E-state index is 12.6. The summed E-state index contributed by atoms with van der Waals surface area (Å²) >= 11 is 0. The summed E-state index contributed by atoms with van der Waals surface area (Å²) in [7, 11) is 0. The minimum atomic E-state index is -0.134. The Morgan fingerprint density at radius 2 is 2.20 bits per heavy atom. The van der Waals surface area contributed by atoms with Crippen LogP contribution < -0.4 is 16.2 Å². The molecule has 0 radical (unpaired) electrons. The zero-order valence-electron chi connectivity index (χ0n) is 14.5. The number of pyridine rings is 1. The topological polar surface area (TPSA) is 78.5 Å². The van der Waals surface area contributed by atoms with Crippen LogP contribution in [-0.4, -0.2) is 60.7 Å². The second-order valence-electron chi connectivity index (χ2n) is 7.22. The van der Waals surface area contributed by atoms with Crippen LogP contribution in [0.2, 0.25) is 0 Å². The molecule has 1 aromatic rings. The highest BCUT2D eigenvalue weighted by molar-refractivity contribution is 5.82. The summed E-state index contributed by atoms with van der Waals surface area (Å²) in [4.78, 5) is 19.2. The summed E-state index contributed by atoms with van der Waals surface area (Å²) in [5, 5.41) is 3.15. The maximum Gasteiger partial charge on any atom is 0.238 e. The average Bonchev–Trinajstić information content (AvgIpc) is 3.40. The first-order valence-electron chi connectivity index (χ1n) is 9.32. The van der Waals surface area contributed by atoms with Crippen molar-refractivity contribution in [2.75, 3.05) is 32.8 Å². The van der Waals surface area contributed by atoms with Gasteiger partial charge in [-0.2, -0.15) is 0 Å². The van der Waals surface area contributed by atoms with E-state index in [1.54, 1.807) is 6.20 Å². The standard InChI is InChI=1S/C18H27N5O2/c24-18(16-10-15(21-22-16)13-3-4-13)20-12-17(14-2-1-5-19-11-14)23-6-8-25-9-7-23/h1-2,5,11,13,15-17,21-22H,3-4,6-10,12H2,(H,20,24). The summed E-state index contributed by atoms with van der Waals surface area (Å²) in [6.45, 7) is 3.82. The molecule has 0 aromatic carbocycles. The summed E-state index contributed by atoms with van der Waals surface area (Å²) < 4.78 is 5.47. The number of hydrazine groups is 1. The van der Waals surface area contributed by atoms with Gasteiger partial charge in [-0.15, -0.1) is 0 Å². The number of ether oxygens (including phenoxy) is 1. The number of nitrogens with one attached hydrogen (secondary N) is 3. The van der Waals surface area contributed by atoms with Crippen LogP contribution in [0.5, 0.6) is 0 Å². The van der Waals surface area contributed by atoms with Crippen molar-refractivity contribution in [3.8, 4) is 0 Å². The van der Waals surface area contributed by atoms with Crippen LogP contribution in [0, 0.1) is 5.92 Å². The van der Waals surface area contributed by atoms with Crippen molar-refractivity contribution < 1.29 is 9.53 Å². The van der Waals surface area contributed by atoms with Crippen LogP contribution in [0.25, 0.3) is 0 Å². The molecule has 3 fully saturated rings. The molecule has 7 nitrogen and oxygen atoms in total. The van der Waals surface area contributed by atoms with Crippen LogP contribution in [0.1, 0.15) is 30.9 Å². The van der Waals surface area contributed by atoms with E-state index in [4.69, 9.17) is 4.74 Å². The molecule has 25 heavy (non-hydrogen) atoms. The largest absolute Gasteiger partial charge is 0.379 e. The van der Waals surface area contributed by atoms with Gasteiger partial charge in [0.25, 0.3) is 0 Å². The van der Waals surface area contributed by atoms with Crippen LogP contribution in [0.15, 0.2) is 24.5 Å². The molecule has 3 atom stereocenters. The molecule has 3 N–H and O–H groups in total. The van der Waals surface area contributed by atoms with Crippen LogP contribution in [0.4, 0.5) is 0 Å². The second-order valence-corrected chi connectivity index (χ2v) is 7.22. The molecule has 2 aliphatic heterocycles. The van der Waals surface area contributed by atoms with E-state index in [-0.39, 0.29) is 18.0 Å². The van der Waals surface area contributed by atoms with Gasteiger partial charge in [-0.05, 0) is 36.8 Å². The molecule has 3 heterocycles. The fourth-order valence-corrected chi connectivity index (χ4v) is 3.80. The Hall–Kier alpha value is -1.54. The average molecular weight is 345 g/mol. The van der Waals surface area contributed by atoms with Crippen molar-refractivity contribution in [1.29, 1.82) is 0 Å². The highest BCUT2D eigenvalue weighted by Gasteiger charge is 2.38. The Morgan fingerprint density at radius 1 is 1.36 bits per heavy atom. The van der Waals surface area contributed by atoms with Gasteiger partial charge >= 0.3 is 0 Å². The number of rotatable bonds is 6. The van der Waals surface area contributed by atoms with E-state index >= 15 is 0 Å². The molecule has 1 saturated carbocycles. The van der Waals surface area contributed by atoms with Gasteiger partial charge in [0.05, 0.1) is 19.3 Å². The fraction of sp³-hybridized carbons (Fsp3) is 0.667. The van der Waals surface area contributed by atoms with Gasteiger partial charge in [0.2, 0.25) is 5.91 Å². The number of hydrogen-bond acceptors (Lipinski definition) is 6. The Labute approximate surface area is 148 Å². The molecular weight excluding hydrogens is 318 g/mol. The highest BCUT2D eigenvalue weighted by Crippen LogP contribution is 2.35. The molecule has 136 valence electrons. The number of nitrogens with zero attached hydrogens (tertiary/aromatic N) is 2. The maximum atomic E-state index is 12.6. The molecule has 0 bridgehead atoms. The lowest BCUT2D eigenvalue weighted by Gasteiger charge is -2.34. The summed E-state index contributed by atoms with van der Waals surface area (Å²) in [5.41, 5.74) is 7.58. The van der Waals surface area contributed by atoms with Crippen molar-refractivity contribution in [3.05, 3.63) is 30.1 Å². The lowest BCUT2D eigenvalue weighted by atomic mass is 10.0. The molecule has 3 unspecified atom stereocenters. The molecule has 1 aromatic heterocycles. The van der Waals surface area contributed by atoms with Crippen LogP contribution >= 0.6 is 0 Å². The number of carbonyl (C=O) groups excluding carboxylic acids is 1. The molecule has 2 saturated heterocycles. The van der Waals surface area contributed by atoms with Crippen molar-refractivity contribution >= 4 is 5.91 Å². The monoisotopic (exact) mass is 345 g/mol. The van der Waals surface area contributed by atoms with Gasteiger partial charge < -0.3 is 10.1 Å². The molecular formula is C18H27N5O2. The number of carbonyl (C=O) groups is 1. The molecule has 1 aliphatic carbocycles. The SMILES string of the molecule is O=C(NCC(c1cccnc1)N1CCOCC1)C1CC(C2CC2)NN1. The van der Waals surface area contributed by atoms with E-state index in [1.807, 2.05) is 12.3 Å². The normalized spacial score (nSPS) is 28.6. The Bertz CT molecular complexity index is 574. The first-order chi connectivity index (χ1) is 12.3. The number of hydrogen-bond donors (Lipinski definition) is 3. The first-order valence-corrected chi connectivity index (χ1v) is 9.32. The van der Waals surface area contributed by atoms with E-state index in [2.05, 4.69) is 32.1 Å². The van der Waals surface area contributed by atoms with Crippen molar-refractivity contribution in [1.82, 2.24) is 26.1 Å². The molecule has 3 aliphatic rings. The molecule has 1 amide bonds. The van der Waals surface area contributed by atoms with Gasteiger partial charge in [-0.3, -0.25) is 20.1 Å². The van der Waals surface area contributed by atoms with Crippen LogP contribution in [0.3, 0.4) is 0 Å². The first kappa shape index (κ1) is 16.9. The quantitative estimate of drug-likeness (QED) is 0.684. The lowest BCUT2D eigenvalue weighted by molar-refractivity contribution is -0.123. The van der Waals surface area contributed by atoms with E-state index in [0.29, 0.717) is 12.6 Å². The summed E-state index contributed by atoms with van der Waals surface area (Å²) in [6.07, 6.45) is 7.13. The van der Waals surface area contributed by atoms with Crippen molar-refractivity contribution in [3.63, 3.8) is 0 Å². The van der Waals surface area contributed by atoms with Gasteiger partial charge in [-0.1, -0.05) is 6.07 Å². The third-order valence-electron chi connectivity index (χ3n) is 5.47. The van der Waals surface area contributed by atoms with Gasteiger partial charge in [0, 0.05) is 38.1 Å². The smallest absolute Gasteiger partial charge is 0.238 e. The number of morpholine rings is 1. The zero-order valence-corrected chi connectivity index (χ0v) is 14.5. The third kappa shape index (κ3) is 4.17. The molecule has 0 spiro atoms. The van der Waals surface area contributed by atoms with E-state index in [0.717, 1.165) is 44.2 Å². The Balaban J connectivity index is 1.36. The fourth-order valence-electron chi connectivity index (χ4n) is 3.80. The number of amides is 1. The second kappa shape index (κ2) is 7.78. The summed E-state index contributed by atoms with van der Waals surface area (Å²) in [5.74, 6) is 0.833. The zero-order chi connectivity index (χ0) is 17.1. The van der Waals surface area contributed by atoms with E-state index < -0.39 is 0 Å². The van der Waals surface area contributed by atoms with Gasteiger partial charge in [0.15, 0.2) is 0 Å². The highest BCUT2D eigenvalue weighted by atomic mass is 16.5. The van der Waals surface area contributed by atoms with Crippen LogP contribution in [-0.2, 0) is 9.53 Å². The van der Waals surface area contributed by atoms with Gasteiger partial charge in [0.1, 0.15) is 6.04 Å². The van der Waals surface area contributed by atoms with Gasteiger partial charge in [-0.25, -0.2) is 5.43 Å². The number of aromatic nitrogens is 1.